The summed E-state index contributed by atoms with van der Waals surface area (Å²) in [5.74, 6) is 0. The predicted molar refractivity (Wildman–Crippen MR) is 313 cm³/mol. The Morgan fingerprint density at radius 2 is 0.534 bits per heavy atom. The molecule has 73 heavy (non-hydrogen) atoms. The van der Waals surface area contributed by atoms with Crippen LogP contribution in [0.2, 0.25) is 0 Å². The number of anilines is 6. The van der Waals surface area contributed by atoms with Crippen LogP contribution in [0.3, 0.4) is 0 Å². The van der Waals surface area contributed by atoms with Gasteiger partial charge >= 0.3 is 0 Å². The van der Waals surface area contributed by atoms with E-state index in [0.717, 1.165) is 22.7 Å². The highest BCUT2D eigenvalue weighted by atomic mass is 15.1. The fourth-order valence-corrected chi connectivity index (χ4v) is 11.0. The molecule has 0 fully saturated rings. The fourth-order valence-electron chi connectivity index (χ4n) is 11.0. The summed E-state index contributed by atoms with van der Waals surface area (Å²) in [5, 5.41) is 9.88. The third-order valence-corrected chi connectivity index (χ3v) is 15.0. The van der Waals surface area contributed by atoms with E-state index in [9.17, 15) is 0 Å². The first-order valence-electron chi connectivity index (χ1n) is 25.1. The molecule has 348 valence electrons. The molecule has 0 bridgehead atoms. The van der Waals surface area contributed by atoms with Crippen LogP contribution in [-0.4, -0.2) is 25.7 Å². The standard InChI is InChI=1S/C69H52N4/c1-70(65-22-10-16-51-13-4-7-19-60(51)65)56-35-25-47(26-36-56)48-31-41-59(42-32-48)73-68-43-33-54(49-27-37-57(38-28-49)71(2)66-23-11-17-52-14-5-8-20-61(52)66)45-63(68)64-46-55(34-44-69(64)73)50-29-39-58(40-30-50)72(3)67-24-12-18-53-15-6-9-21-62(53)67/h4-46H,1-3H3. The molecule has 0 N–H and O–H groups in total. The summed E-state index contributed by atoms with van der Waals surface area (Å²) in [6.07, 6.45) is 0. The first-order chi connectivity index (χ1) is 35.9. The Morgan fingerprint density at radius 3 is 0.890 bits per heavy atom. The number of aromatic nitrogens is 1. The van der Waals surface area contributed by atoms with Crippen LogP contribution in [0.25, 0.3) is 93.2 Å². The summed E-state index contributed by atoms with van der Waals surface area (Å²) in [7, 11) is 6.46. The van der Waals surface area contributed by atoms with Gasteiger partial charge in [-0.05, 0) is 141 Å². The third kappa shape index (κ3) is 7.81. The molecular weight excluding hydrogens is 885 g/mol. The zero-order valence-electron chi connectivity index (χ0n) is 41.1. The highest BCUT2D eigenvalue weighted by Crippen LogP contribution is 2.40. The van der Waals surface area contributed by atoms with Gasteiger partial charge in [-0.3, -0.25) is 0 Å². The maximum atomic E-state index is 2.43. The highest BCUT2D eigenvalue weighted by molar-refractivity contribution is 6.12. The molecule has 0 aliphatic heterocycles. The lowest BCUT2D eigenvalue weighted by Gasteiger charge is -2.22. The molecule has 0 radical (unpaired) electrons. The molecule has 0 unspecified atom stereocenters. The molecule has 0 atom stereocenters. The van der Waals surface area contributed by atoms with E-state index in [1.54, 1.807) is 0 Å². The van der Waals surface area contributed by atoms with Crippen LogP contribution in [0.4, 0.5) is 34.1 Å². The molecule has 0 amide bonds. The summed E-state index contributed by atoms with van der Waals surface area (Å²) in [4.78, 5) is 6.84. The molecule has 4 heteroatoms. The van der Waals surface area contributed by atoms with Gasteiger partial charge < -0.3 is 19.3 Å². The van der Waals surface area contributed by atoms with E-state index in [-0.39, 0.29) is 0 Å². The maximum Gasteiger partial charge on any atom is 0.0541 e. The lowest BCUT2D eigenvalue weighted by molar-refractivity contribution is 1.18. The predicted octanol–water partition coefficient (Wildman–Crippen LogP) is 18.5. The van der Waals surface area contributed by atoms with Gasteiger partial charge in [-0.25, -0.2) is 0 Å². The zero-order valence-corrected chi connectivity index (χ0v) is 41.1. The van der Waals surface area contributed by atoms with Crippen LogP contribution in [0, 0.1) is 0 Å². The van der Waals surface area contributed by atoms with E-state index in [1.807, 2.05) is 0 Å². The topological polar surface area (TPSA) is 14.7 Å². The second-order valence-electron chi connectivity index (χ2n) is 19.2. The largest absolute Gasteiger partial charge is 0.344 e. The Kier molecular flexibility index (Phi) is 10.8. The summed E-state index contributed by atoms with van der Waals surface area (Å²) in [5.41, 5.74) is 17.6. The summed E-state index contributed by atoms with van der Waals surface area (Å²) in [6, 6.07) is 95.2. The molecule has 12 aromatic carbocycles. The van der Waals surface area contributed by atoms with E-state index in [2.05, 4.69) is 301 Å². The minimum Gasteiger partial charge on any atom is -0.344 e. The van der Waals surface area contributed by atoms with Crippen LogP contribution in [0.15, 0.2) is 261 Å². The number of rotatable bonds is 10. The van der Waals surface area contributed by atoms with Gasteiger partial charge in [0, 0.05) is 87.9 Å². The Morgan fingerprint density at radius 1 is 0.247 bits per heavy atom. The van der Waals surface area contributed by atoms with Gasteiger partial charge in [-0.1, -0.05) is 170 Å². The quantitative estimate of drug-likeness (QED) is 0.136. The minimum absolute atomic E-state index is 1.12. The monoisotopic (exact) mass is 936 g/mol. The van der Waals surface area contributed by atoms with Gasteiger partial charge in [0.2, 0.25) is 0 Å². The Labute approximate surface area is 426 Å². The molecule has 0 saturated carbocycles. The normalized spacial score (nSPS) is 11.5. The molecule has 4 nitrogen and oxygen atoms in total. The second-order valence-corrected chi connectivity index (χ2v) is 19.2. The smallest absolute Gasteiger partial charge is 0.0541 e. The van der Waals surface area contributed by atoms with Crippen molar-refractivity contribution in [1.29, 1.82) is 0 Å². The summed E-state index contributed by atoms with van der Waals surface area (Å²) < 4.78 is 2.43. The molecule has 1 aromatic heterocycles. The van der Waals surface area contributed by atoms with Crippen molar-refractivity contribution in [2.75, 3.05) is 35.8 Å². The maximum absolute atomic E-state index is 2.43. The number of hydrogen-bond donors (Lipinski definition) is 0. The summed E-state index contributed by atoms with van der Waals surface area (Å²) in [6.45, 7) is 0. The van der Waals surface area contributed by atoms with E-state index < -0.39 is 0 Å². The van der Waals surface area contributed by atoms with Gasteiger partial charge in [0.1, 0.15) is 0 Å². The van der Waals surface area contributed by atoms with Crippen LogP contribution in [-0.2, 0) is 0 Å². The highest BCUT2D eigenvalue weighted by Gasteiger charge is 2.17. The SMILES string of the molecule is CN(c1ccc(-c2ccc(-n3c4ccc(-c5ccc(N(C)c6cccc7ccccc67)cc5)cc4c4cc(-c5ccc(N(C)c6cccc7ccccc67)cc5)ccc43)cc2)cc1)c1cccc2ccccc12. The van der Waals surface area contributed by atoms with E-state index >= 15 is 0 Å². The molecule has 13 rings (SSSR count). The summed E-state index contributed by atoms with van der Waals surface area (Å²) >= 11 is 0. The molecule has 0 spiro atoms. The lowest BCUT2D eigenvalue weighted by Crippen LogP contribution is -2.09. The van der Waals surface area contributed by atoms with Gasteiger partial charge in [0.15, 0.2) is 0 Å². The van der Waals surface area contributed by atoms with Crippen molar-refractivity contribution < 1.29 is 0 Å². The Hall–Kier alpha value is -9.38. The van der Waals surface area contributed by atoms with Crippen LogP contribution in [0.1, 0.15) is 0 Å². The van der Waals surface area contributed by atoms with E-state index in [0.29, 0.717) is 0 Å². The average Bonchev–Trinajstić information content (AvgIpc) is 3.79. The van der Waals surface area contributed by atoms with Crippen LogP contribution >= 0.6 is 0 Å². The lowest BCUT2D eigenvalue weighted by atomic mass is 9.99. The number of hydrogen-bond acceptors (Lipinski definition) is 3. The molecule has 0 aliphatic carbocycles. The number of benzene rings is 12. The first-order valence-corrected chi connectivity index (χ1v) is 25.1. The van der Waals surface area contributed by atoms with Crippen LogP contribution < -0.4 is 14.7 Å². The van der Waals surface area contributed by atoms with Crippen molar-refractivity contribution in [1.82, 2.24) is 4.57 Å². The van der Waals surface area contributed by atoms with Crippen molar-refractivity contribution in [2.45, 2.75) is 0 Å². The van der Waals surface area contributed by atoms with E-state index in [1.165, 1.54) is 105 Å². The number of fused-ring (bicyclic) bond motifs is 6. The van der Waals surface area contributed by atoms with Crippen molar-refractivity contribution >= 4 is 88.2 Å². The van der Waals surface area contributed by atoms with Crippen molar-refractivity contribution in [3.8, 4) is 39.1 Å². The van der Waals surface area contributed by atoms with Gasteiger partial charge in [0.05, 0.1) is 11.0 Å². The molecule has 0 saturated heterocycles. The molecule has 1 heterocycles. The molecule has 13 aromatic rings. The van der Waals surface area contributed by atoms with Crippen molar-refractivity contribution in [3.05, 3.63) is 261 Å². The number of nitrogens with zero attached hydrogens (tertiary/aromatic N) is 4. The second kappa shape index (κ2) is 18.1. The van der Waals surface area contributed by atoms with Crippen molar-refractivity contribution in [2.24, 2.45) is 0 Å². The molecular formula is C69H52N4. The minimum atomic E-state index is 1.12. The fraction of sp³-hybridized carbons (Fsp3) is 0.0435. The first kappa shape index (κ1) is 43.6. The van der Waals surface area contributed by atoms with Crippen LogP contribution in [0.5, 0.6) is 0 Å². The molecule has 0 aliphatic rings. The Balaban J connectivity index is 0.851. The van der Waals surface area contributed by atoms with E-state index in [4.69, 9.17) is 0 Å². The van der Waals surface area contributed by atoms with Gasteiger partial charge in [-0.2, -0.15) is 0 Å². The van der Waals surface area contributed by atoms with Gasteiger partial charge in [-0.15, -0.1) is 0 Å². The Bertz CT molecular complexity index is 3970. The average molecular weight is 937 g/mol. The van der Waals surface area contributed by atoms with Gasteiger partial charge in [0.25, 0.3) is 0 Å². The van der Waals surface area contributed by atoms with Crippen molar-refractivity contribution in [3.63, 3.8) is 0 Å². The third-order valence-electron chi connectivity index (χ3n) is 15.0. The zero-order chi connectivity index (χ0) is 49.0.